The second-order valence-electron chi connectivity index (χ2n) is 5.93. The van der Waals surface area contributed by atoms with Gasteiger partial charge in [-0.05, 0) is 44.8 Å². The molecule has 134 valence electrons. The van der Waals surface area contributed by atoms with Crippen molar-refractivity contribution in [3.05, 3.63) is 12.8 Å². The summed E-state index contributed by atoms with van der Waals surface area (Å²) in [6, 6.07) is 0. The molecular weight excluding hydrogens is 272 g/mol. The van der Waals surface area contributed by atoms with E-state index in [0.717, 1.165) is 0 Å². The summed E-state index contributed by atoms with van der Waals surface area (Å²) < 4.78 is 6.23. The van der Waals surface area contributed by atoms with E-state index in [-0.39, 0.29) is 1.43 Å². The van der Waals surface area contributed by atoms with E-state index in [1.165, 1.54) is 71.0 Å². The lowest BCUT2D eigenvalue weighted by Gasteiger charge is -2.34. The summed E-state index contributed by atoms with van der Waals surface area (Å²) in [5.74, 6) is 0. The molecule has 1 saturated carbocycles. The molecule has 0 aromatic rings. The van der Waals surface area contributed by atoms with Crippen molar-refractivity contribution in [1.82, 2.24) is 10.2 Å². The Labute approximate surface area is 141 Å². The fourth-order valence-electron chi connectivity index (χ4n) is 3.06. The number of nitrogens with one attached hydrogen (secondary N) is 1. The zero-order chi connectivity index (χ0) is 16.6. The van der Waals surface area contributed by atoms with Crippen LogP contribution in [0.25, 0.3) is 0 Å². The molecule has 0 aromatic heterocycles. The first-order valence-corrected chi connectivity index (χ1v) is 9.46. The van der Waals surface area contributed by atoms with Crippen LogP contribution in [0.5, 0.6) is 0 Å². The smallest absolute Gasteiger partial charge is 0.0603 e. The topological polar surface area (TPSA) is 24.5 Å². The van der Waals surface area contributed by atoms with Gasteiger partial charge in [-0.15, -0.1) is 0 Å². The Balaban J connectivity index is 0. The summed E-state index contributed by atoms with van der Waals surface area (Å²) in [7, 11) is 1.81. The highest BCUT2D eigenvalue weighted by molar-refractivity contribution is 4.75. The molecule has 3 nitrogen and oxygen atoms in total. The van der Waals surface area contributed by atoms with Gasteiger partial charge in [-0.3, -0.25) is 0 Å². The zero-order valence-electron chi connectivity index (χ0n) is 15.6. The maximum absolute atomic E-state index is 6.23. The molecule has 0 aromatic carbocycles. The lowest BCUT2D eigenvalue weighted by atomic mass is 9.97. The number of likely N-dealkylation sites (tertiary alicyclic amines) is 1. The predicted molar refractivity (Wildman–Crippen MR) is 100 cm³/mol. The van der Waals surface area contributed by atoms with Gasteiger partial charge in [-0.25, -0.2) is 0 Å². The van der Waals surface area contributed by atoms with Crippen LogP contribution in [-0.4, -0.2) is 43.8 Å². The van der Waals surface area contributed by atoms with E-state index in [0.29, 0.717) is 12.2 Å². The van der Waals surface area contributed by atoms with Crippen molar-refractivity contribution in [2.75, 3.05) is 26.7 Å². The SMILES string of the molecule is C=CNC.CC.CCCN1CCC(OC2CCCCC2)CC1.[HH]. The highest BCUT2D eigenvalue weighted by Crippen LogP contribution is 2.24. The molecule has 1 aliphatic heterocycles. The average Bonchev–Trinajstić information content (AvgIpc) is 2.60. The van der Waals surface area contributed by atoms with Gasteiger partial charge in [0.2, 0.25) is 0 Å². The highest BCUT2D eigenvalue weighted by Gasteiger charge is 2.23. The minimum Gasteiger partial charge on any atom is -0.394 e. The van der Waals surface area contributed by atoms with Crippen LogP contribution in [0.2, 0.25) is 0 Å². The molecule has 0 bridgehead atoms. The van der Waals surface area contributed by atoms with Gasteiger partial charge in [0, 0.05) is 21.6 Å². The third-order valence-electron chi connectivity index (χ3n) is 4.22. The molecular formula is C19H42N2O. The summed E-state index contributed by atoms with van der Waals surface area (Å²) in [4.78, 5) is 2.58. The molecule has 0 radical (unpaired) electrons. The monoisotopic (exact) mass is 314 g/mol. The lowest BCUT2D eigenvalue weighted by molar-refractivity contribution is -0.0556. The molecule has 1 N–H and O–H groups in total. The molecule has 0 amide bonds. The third-order valence-corrected chi connectivity index (χ3v) is 4.22. The molecule has 1 saturated heterocycles. The quantitative estimate of drug-likeness (QED) is 0.786. The van der Waals surface area contributed by atoms with Crippen molar-refractivity contribution in [3.8, 4) is 0 Å². The van der Waals surface area contributed by atoms with Gasteiger partial charge in [0.25, 0.3) is 0 Å². The largest absolute Gasteiger partial charge is 0.394 e. The number of rotatable bonds is 5. The van der Waals surface area contributed by atoms with Crippen LogP contribution in [0.15, 0.2) is 12.8 Å². The first kappa shape index (κ1) is 21.5. The normalized spacial score (nSPS) is 20.2. The van der Waals surface area contributed by atoms with Gasteiger partial charge < -0.3 is 15.0 Å². The summed E-state index contributed by atoms with van der Waals surface area (Å²) in [5, 5.41) is 2.69. The Kier molecular flexibility index (Phi) is 15.0. The molecule has 2 fully saturated rings. The van der Waals surface area contributed by atoms with Crippen molar-refractivity contribution in [1.29, 1.82) is 0 Å². The van der Waals surface area contributed by atoms with Crippen molar-refractivity contribution in [2.24, 2.45) is 0 Å². The van der Waals surface area contributed by atoms with Crippen molar-refractivity contribution < 1.29 is 6.16 Å². The Hall–Kier alpha value is -0.540. The average molecular weight is 315 g/mol. The van der Waals surface area contributed by atoms with Crippen LogP contribution in [-0.2, 0) is 4.74 Å². The van der Waals surface area contributed by atoms with Gasteiger partial charge in [0.05, 0.1) is 12.2 Å². The van der Waals surface area contributed by atoms with Crippen LogP contribution >= 0.6 is 0 Å². The van der Waals surface area contributed by atoms with Crippen molar-refractivity contribution >= 4 is 0 Å². The van der Waals surface area contributed by atoms with Gasteiger partial charge in [0.1, 0.15) is 0 Å². The Morgan fingerprint density at radius 3 is 2.05 bits per heavy atom. The first-order valence-electron chi connectivity index (χ1n) is 9.46. The molecule has 1 aliphatic carbocycles. The number of nitrogens with zero attached hydrogens (tertiary/aromatic N) is 1. The van der Waals surface area contributed by atoms with Crippen LogP contribution in [0, 0.1) is 0 Å². The van der Waals surface area contributed by atoms with Crippen LogP contribution in [0.3, 0.4) is 0 Å². The standard InChI is InChI=1S/C14H27NO.C3H7N.C2H6.H2/c1-2-10-15-11-8-14(9-12-15)16-13-6-4-3-5-7-13;1-3-4-2;1-2;/h13-14H,2-12H2,1H3;3-4H,1H2,2H3;1-2H3;1H. The van der Waals surface area contributed by atoms with Crippen LogP contribution < -0.4 is 5.32 Å². The zero-order valence-corrected chi connectivity index (χ0v) is 15.6. The van der Waals surface area contributed by atoms with E-state index in [9.17, 15) is 0 Å². The van der Waals surface area contributed by atoms with E-state index in [1.807, 2.05) is 20.9 Å². The van der Waals surface area contributed by atoms with Gasteiger partial charge in [-0.2, -0.15) is 0 Å². The fourth-order valence-corrected chi connectivity index (χ4v) is 3.06. The molecule has 3 heteroatoms. The second kappa shape index (κ2) is 15.4. The number of piperidine rings is 1. The first-order chi connectivity index (χ1) is 10.8. The molecule has 2 aliphatic rings. The van der Waals surface area contributed by atoms with Crippen LogP contribution in [0.4, 0.5) is 0 Å². The maximum Gasteiger partial charge on any atom is 0.0603 e. The highest BCUT2D eigenvalue weighted by atomic mass is 16.5. The summed E-state index contributed by atoms with van der Waals surface area (Å²) in [6.07, 6.45) is 13.4. The Bertz CT molecular complexity index is 238. The Morgan fingerprint density at radius 2 is 1.59 bits per heavy atom. The summed E-state index contributed by atoms with van der Waals surface area (Å²) in [5.41, 5.74) is 0. The van der Waals surface area contributed by atoms with E-state index >= 15 is 0 Å². The third kappa shape index (κ3) is 10.2. The van der Waals surface area contributed by atoms with Crippen molar-refractivity contribution in [3.63, 3.8) is 0 Å². The van der Waals surface area contributed by atoms with E-state index in [2.05, 4.69) is 23.7 Å². The van der Waals surface area contributed by atoms with Crippen LogP contribution in [0.1, 0.15) is 73.6 Å². The minimum atomic E-state index is 0. The molecule has 22 heavy (non-hydrogen) atoms. The van der Waals surface area contributed by atoms with Gasteiger partial charge in [-0.1, -0.05) is 46.6 Å². The number of hydrogen-bond donors (Lipinski definition) is 1. The predicted octanol–water partition coefficient (Wildman–Crippen LogP) is 4.83. The van der Waals surface area contributed by atoms with E-state index in [1.54, 1.807) is 6.20 Å². The summed E-state index contributed by atoms with van der Waals surface area (Å²) >= 11 is 0. The molecule has 0 atom stereocenters. The van der Waals surface area contributed by atoms with Gasteiger partial charge >= 0.3 is 0 Å². The van der Waals surface area contributed by atoms with E-state index in [4.69, 9.17) is 4.74 Å². The Morgan fingerprint density at radius 1 is 1.09 bits per heavy atom. The summed E-state index contributed by atoms with van der Waals surface area (Å²) in [6.45, 7) is 13.4. The molecule has 1 heterocycles. The molecule has 0 unspecified atom stereocenters. The lowest BCUT2D eigenvalue weighted by Crippen LogP contribution is -2.39. The van der Waals surface area contributed by atoms with Crippen molar-refractivity contribution in [2.45, 2.75) is 84.3 Å². The van der Waals surface area contributed by atoms with Gasteiger partial charge in [0.15, 0.2) is 0 Å². The molecule has 0 spiro atoms. The minimum absolute atomic E-state index is 0. The number of hydrogen-bond acceptors (Lipinski definition) is 3. The van der Waals surface area contributed by atoms with E-state index < -0.39 is 0 Å². The maximum atomic E-state index is 6.23. The number of ether oxygens (including phenoxy) is 1. The molecule has 2 rings (SSSR count). The second-order valence-corrected chi connectivity index (χ2v) is 5.93. The fraction of sp³-hybridized carbons (Fsp3) is 0.895.